The molecule has 0 bridgehead atoms. The second kappa shape index (κ2) is 11.5. The van der Waals surface area contributed by atoms with Crippen molar-refractivity contribution in [1.82, 2.24) is 10.2 Å². The Hall–Kier alpha value is -3.19. The van der Waals surface area contributed by atoms with E-state index in [4.69, 9.17) is 9.47 Å². The number of methoxy groups -OCH3 is 1. The summed E-state index contributed by atoms with van der Waals surface area (Å²) in [6.07, 6.45) is 8.98. The van der Waals surface area contributed by atoms with Gasteiger partial charge in [-0.05, 0) is 73.9 Å². The lowest BCUT2D eigenvalue weighted by atomic mass is 9.91. The Balaban J connectivity index is 1.47. The lowest BCUT2D eigenvalue weighted by molar-refractivity contribution is -0.141. The van der Waals surface area contributed by atoms with Crippen LogP contribution in [0.15, 0.2) is 59.7 Å². The third-order valence-corrected chi connectivity index (χ3v) is 7.87. The zero-order valence-electron chi connectivity index (χ0n) is 21.4. The number of hydrogen-bond donors (Lipinski definition) is 1. The van der Waals surface area contributed by atoms with Crippen LogP contribution >= 0.6 is 0 Å². The molecular formula is C30H35FN2O4. The van der Waals surface area contributed by atoms with E-state index >= 15 is 0 Å². The highest BCUT2D eigenvalue weighted by molar-refractivity contribution is 5.98. The van der Waals surface area contributed by atoms with E-state index in [1.54, 1.807) is 24.3 Å². The maximum Gasteiger partial charge on any atom is 0.307 e. The largest absolute Gasteiger partial charge is 0.469 e. The zero-order chi connectivity index (χ0) is 25.8. The molecule has 2 aromatic carbocycles. The molecule has 0 saturated heterocycles. The molecule has 37 heavy (non-hydrogen) atoms. The summed E-state index contributed by atoms with van der Waals surface area (Å²) in [5.74, 6) is -0.106. The molecule has 7 heteroatoms. The average molecular weight is 507 g/mol. The van der Waals surface area contributed by atoms with E-state index in [0.29, 0.717) is 11.3 Å². The molecule has 1 amide bonds. The number of amides is 1. The van der Waals surface area contributed by atoms with Crippen molar-refractivity contribution in [3.05, 3.63) is 71.1 Å². The first-order valence-electron chi connectivity index (χ1n) is 13.4. The molecule has 1 fully saturated rings. The Bertz CT molecular complexity index is 1160. The fraction of sp³-hybridized carbons (Fsp3) is 0.467. The summed E-state index contributed by atoms with van der Waals surface area (Å²) in [6, 6.07) is 13.4. The Kier molecular flexibility index (Phi) is 7.89. The lowest BCUT2D eigenvalue weighted by Gasteiger charge is -2.39. The zero-order valence-corrected chi connectivity index (χ0v) is 21.4. The number of hydrogen-bond acceptors (Lipinski definition) is 5. The molecule has 0 spiro atoms. The third kappa shape index (κ3) is 5.57. The van der Waals surface area contributed by atoms with Gasteiger partial charge in [0.15, 0.2) is 11.6 Å². The molecule has 0 unspecified atom stereocenters. The van der Waals surface area contributed by atoms with Crippen LogP contribution in [0.2, 0.25) is 0 Å². The van der Waals surface area contributed by atoms with Gasteiger partial charge in [0.25, 0.3) is 5.91 Å². The van der Waals surface area contributed by atoms with Gasteiger partial charge in [0.05, 0.1) is 13.5 Å². The van der Waals surface area contributed by atoms with E-state index in [0.717, 1.165) is 62.5 Å². The van der Waals surface area contributed by atoms with Crippen LogP contribution in [0.1, 0.15) is 75.8 Å². The topological polar surface area (TPSA) is 67.9 Å². The highest BCUT2D eigenvalue weighted by atomic mass is 19.1. The smallest absolute Gasteiger partial charge is 0.307 e. The van der Waals surface area contributed by atoms with Gasteiger partial charge in [-0.25, -0.2) is 4.39 Å². The molecule has 1 saturated carbocycles. The summed E-state index contributed by atoms with van der Waals surface area (Å²) in [5, 5.41) is 3.65. The van der Waals surface area contributed by atoms with Gasteiger partial charge in [-0.2, -0.15) is 0 Å². The summed E-state index contributed by atoms with van der Waals surface area (Å²) < 4.78 is 25.6. The third-order valence-electron chi connectivity index (χ3n) is 7.87. The Morgan fingerprint density at radius 2 is 1.81 bits per heavy atom. The van der Waals surface area contributed by atoms with Crippen molar-refractivity contribution >= 4 is 11.9 Å². The summed E-state index contributed by atoms with van der Waals surface area (Å²) in [7, 11) is 1.36. The van der Waals surface area contributed by atoms with Crippen molar-refractivity contribution in [2.24, 2.45) is 0 Å². The number of nitrogens with zero attached hydrogens (tertiary/aromatic N) is 1. The van der Waals surface area contributed by atoms with Crippen LogP contribution < -0.4 is 10.1 Å². The number of para-hydroxylation sites is 1. The molecule has 1 N–H and O–H groups in total. The van der Waals surface area contributed by atoms with Gasteiger partial charge in [0, 0.05) is 17.7 Å². The van der Waals surface area contributed by atoms with Crippen LogP contribution in [-0.2, 0) is 14.3 Å². The lowest BCUT2D eigenvalue weighted by Crippen LogP contribution is -2.52. The molecule has 2 aromatic rings. The van der Waals surface area contributed by atoms with Gasteiger partial charge in [0.2, 0.25) is 0 Å². The quantitative estimate of drug-likeness (QED) is 0.433. The van der Waals surface area contributed by atoms with Crippen LogP contribution in [0.5, 0.6) is 11.5 Å². The standard InChI is InChI=1S/C30H35FN2O4/c1-36-28(34)19-26(20-16-17-25(31)27(18-20)37-22-12-6-3-7-13-22)32-29-23-14-8-9-15-24(23)30(35)33(29)21-10-4-2-5-11-21/h3,6-7,12-13,16-18,21,26,29,32H,2,4-5,8-11,14-15,19H2,1H3/t26-,29-/m1/s1. The van der Waals surface area contributed by atoms with Gasteiger partial charge in [0.1, 0.15) is 11.9 Å². The second-order valence-corrected chi connectivity index (χ2v) is 10.2. The maximum absolute atomic E-state index is 14.7. The van der Waals surface area contributed by atoms with Crippen LogP contribution in [0.3, 0.4) is 0 Å². The molecule has 3 aliphatic rings. The molecule has 1 heterocycles. The minimum absolute atomic E-state index is 0.0543. The van der Waals surface area contributed by atoms with E-state index in [9.17, 15) is 14.0 Å². The van der Waals surface area contributed by atoms with Crippen molar-refractivity contribution in [3.8, 4) is 11.5 Å². The number of nitrogens with one attached hydrogen (secondary N) is 1. The van der Waals surface area contributed by atoms with Crippen LogP contribution in [0, 0.1) is 5.82 Å². The first-order chi connectivity index (χ1) is 18.0. The highest BCUT2D eigenvalue weighted by Gasteiger charge is 2.44. The predicted octanol–water partition coefficient (Wildman–Crippen LogP) is 6.18. The number of halogens is 1. The first kappa shape index (κ1) is 25.5. The summed E-state index contributed by atoms with van der Waals surface area (Å²) in [4.78, 5) is 28.1. The molecule has 2 aliphatic carbocycles. The number of benzene rings is 2. The van der Waals surface area contributed by atoms with Crippen molar-refractivity contribution < 1.29 is 23.5 Å². The van der Waals surface area contributed by atoms with Crippen molar-refractivity contribution in [3.63, 3.8) is 0 Å². The van der Waals surface area contributed by atoms with Gasteiger partial charge in [-0.15, -0.1) is 0 Å². The van der Waals surface area contributed by atoms with Gasteiger partial charge < -0.3 is 14.4 Å². The Labute approximate surface area is 217 Å². The first-order valence-corrected chi connectivity index (χ1v) is 13.4. The predicted molar refractivity (Wildman–Crippen MR) is 138 cm³/mol. The molecule has 2 atom stereocenters. The molecule has 196 valence electrons. The van der Waals surface area contributed by atoms with Crippen molar-refractivity contribution in [1.29, 1.82) is 0 Å². The molecule has 0 radical (unpaired) electrons. The van der Waals surface area contributed by atoms with E-state index in [-0.39, 0.29) is 36.3 Å². The summed E-state index contributed by atoms with van der Waals surface area (Å²) in [5.41, 5.74) is 2.80. The van der Waals surface area contributed by atoms with Gasteiger partial charge >= 0.3 is 5.97 Å². The van der Waals surface area contributed by atoms with Gasteiger partial charge in [-0.3, -0.25) is 14.9 Å². The van der Waals surface area contributed by atoms with Crippen molar-refractivity contribution in [2.75, 3.05) is 7.11 Å². The monoisotopic (exact) mass is 506 g/mol. The van der Waals surface area contributed by atoms with E-state index in [1.807, 2.05) is 23.1 Å². The number of esters is 1. The maximum atomic E-state index is 14.7. The van der Waals surface area contributed by atoms with Crippen LogP contribution in [0.25, 0.3) is 0 Å². The van der Waals surface area contributed by atoms with Crippen LogP contribution in [0.4, 0.5) is 4.39 Å². The Morgan fingerprint density at radius 3 is 2.57 bits per heavy atom. The average Bonchev–Trinajstić information content (AvgIpc) is 3.21. The van der Waals surface area contributed by atoms with Crippen molar-refractivity contribution in [2.45, 2.75) is 82.5 Å². The van der Waals surface area contributed by atoms with Crippen LogP contribution in [-0.4, -0.2) is 36.1 Å². The summed E-state index contributed by atoms with van der Waals surface area (Å²) in [6.45, 7) is 0. The van der Waals surface area contributed by atoms with E-state index < -0.39 is 11.9 Å². The molecule has 5 rings (SSSR count). The molecule has 0 aromatic heterocycles. The van der Waals surface area contributed by atoms with Gasteiger partial charge in [-0.1, -0.05) is 43.5 Å². The van der Waals surface area contributed by atoms with E-state index in [1.165, 1.54) is 19.6 Å². The molecule has 6 nitrogen and oxygen atoms in total. The molecular weight excluding hydrogens is 471 g/mol. The minimum Gasteiger partial charge on any atom is -0.469 e. The Morgan fingerprint density at radius 1 is 1.05 bits per heavy atom. The number of rotatable bonds is 8. The number of ether oxygens (including phenoxy) is 2. The fourth-order valence-electron chi connectivity index (χ4n) is 5.98. The number of carbonyl (C=O) groups excluding carboxylic acids is 2. The summed E-state index contributed by atoms with van der Waals surface area (Å²) >= 11 is 0. The minimum atomic E-state index is -0.485. The number of carbonyl (C=O) groups is 2. The second-order valence-electron chi connectivity index (χ2n) is 10.2. The molecule has 1 aliphatic heterocycles. The normalized spacial score (nSPS) is 21.1. The highest BCUT2D eigenvalue weighted by Crippen LogP contribution is 2.40. The fourth-order valence-corrected chi connectivity index (χ4v) is 5.98. The SMILES string of the molecule is COC(=O)C[C@@H](N[C@H]1C2=C(CCCC2)C(=O)N1C1CCCCC1)c1ccc(F)c(Oc2ccccc2)c1. The van der Waals surface area contributed by atoms with E-state index in [2.05, 4.69) is 5.32 Å².